The number of benzene rings is 1. The van der Waals surface area contributed by atoms with Gasteiger partial charge in [-0.25, -0.2) is 4.39 Å². The number of ketones is 1. The summed E-state index contributed by atoms with van der Waals surface area (Å²) in [5.74, 6) is -1.32. The van der Waals surface area contributed by atoms with E-state index in [0.717, 1.165) is 12.1 Å². The average molecular weight is 266 g/mol. The van der Waals surface area contributed by atoms with Gasteiger partial charge in [0.05, 0.1) is 16.7 Å². The number of hydrogen-bond donors (Lipinski definition) is 0. The number of carbonyl (C=O) groups excluding carboxylic acids is 1. The Morgan fingerprint density at radius 1 is 1.24 bits per heavy atom. The fraction of sp³-hybridized carbons (Fsp3) is 0.300. The second-order valence-electron chi connectivity index (χ2n) is 3.54. The molecule has 0 saturated carbocycles. The van der Waals surface area contributed by atoms with Crippen LogP contribution in [0.15, 0.2) is 17.0 Å². The minimum absolute atomic E-state index is 0.0433. The second-order valence-corrected chi connectivity index (χ2v) is 4.98. The van der Waals surface area contributed by atoms with Crippen molar-refractivity contribution < 1.29 is 26.9 Å². The van der Waals surface area contributed by atoms with Crippen LogP contribution in [0.2, 0.25) is 0 Å². The Bertz CT molecular complexity index is 484. The topological polar surface area (TPSA) is 40.1 Å². The van der Waals surface area contributed by atoms with Gasteiger partial charge in [-0.15, -0.1) is 13.2 Å². The summed E-state index contributed by atoms with van der Waals surface area (Å²) in [4.78, 5) is 10.8. The maximum Gasteiger partial charge on any atom is 0.578 e. The van der Waals surface area contributed by atoms with Crippen molar-refractivity contribution in [2.75, 3.05) is 0 Å². The molecule has 2 nitrogen and oxygen atoms in total. The van der Waals surface area contributed by atoms with Crippen LogP contribution in [0.3, 0.4) is 0 Å². The molecule has 1 aromatic carbocycles. The molecule has 0 radical (unpaired) electrons. The molecule has 0 amide bonds. The molecule has 1 aromatic rings. The lowest BCUT2D eigenvalue weighted by Crippen LogP contribution is -2.25. The highest BCUT2D eigenvalue weighted by Gasteiger charge is 2.48. The lowest BCUT2D eigenvalue weighted by molar-refractivity contribution is -0.0435. The van der Waals surface area contributed by atoms with Crippen LogP contribution in [-0.4, -0.2) is 15.8 Å². The van der Waals surface area contributed by atoms with Crippen molar-refractivity contribution in [2.45, 2.75) is 23.2 Å². The molecule has 1 aliphatic carbocycles. The van der Waals surface area contributed by atoms with Crippen molar-refractivity contribution >= 4 is 17.0 Å². The van der Waals surface area contributed by atoms with E-state index >= 15 is 0 Å². The lowest BCUT2D eigenvalue weighted by Gasteiger charge is -2.14. The van der Waals surface area contributed by atoms with Crippen molar-refractivity contribution in [3.63, 3.8) is 0 Å². The quantitative estimate of drug-likeness (QED) is 0.579. The highest BCUT2D eigenvalue weighted by Crippen LogP contribution is 2.37. The molecule has 1 aliphatic rings. The fourth-order valence-corrected chi connectivity index (χ4v) is 2.66. The number of rotatable bonds is 1. The third-order valence-electron chi connectivity index (χ3n) is 2.51. The zero-order valence-corrected chi connectivity index (χ0v) is 9.12. The van der Waals surface area contributed by atoms with Crippen LogP contribution in [0.25, 0.3) is 0 Å². The molecular formula is C10H6F4O2S. The molecule has 1 unspecified atom stereocenters. The number of hydrogen-bond acceptors (Lipinski definition) is 2. The maximum absolute atomic E-state index is 13.3. The number of fused-ring (bicyclic) bond motifs is 1. The van der Waals surface area contributed by atoms with Crippen LogP contribution in [0.1, 0.15) is 22.3 Å². The molecular weight excluding hydrogens is 260 g/mol. The van der Waals surface area contributed by atoms with Crippen LogP contribution < -0.4 is 0 Å². The van der Waals surface area contributed by atoms with Crippen molar-refractivity contribution in [3.05, 3.63) is 29.1 Å². The summed E-state index contributed by atoms with van der Waals surface area (Å²) in [7, 11) is 0. The predicted molar refractivity (Wildman–Crippen MR) is 51.5 cm³/mol. The van der Waals surface area contributed by atoms with Crippen molar-refractivity contribution in [1.29, 1.82) is 0 Å². The molecule has 0 N–H and O–H groups in total. The smallest absolute Gasteiger partial charge is 0.578 e. The van der Waals surface area contributed by atoms with Crippen LogP contribution in [0, 0.1) is 5.82 Å². The van der Waals surface area contributed by atoms with Gasteiger partial charge in [-0.1, -0.05) is 0 Å². The Balaban J connectivity index is 2.58. The molecule has 92 valence electrons. The molecule has 0 fully saturated rings. The SMILES string of the molecule is O=C1CCc2c(F)ccc([S+]([O-])C(F)(F)F)c21. The summed E-state index contributed by atoms with van der Waals surface area (Å²) in [5, 5.41) is 0. The maximum atomic E-state index is 13.3. The van der Waals surface area contributed by atoms with Gasteiger partial charge in [0.25, 0.3) is 0 Å². The monoisotopic (exact) mass is 266 g/mol. The van der Waals surface area contributed by atoms with Gasteiger partial charge < -0.3 is 4.55 Å². The molecule has 0 heterocycles. The first kappa shape index (κ1) is 12.4. The standard InChI is InChI=1S/C10H6F4O2S/c11-6-2-4-8(17(16)10(12,13)14)9-5(6)1-3-7(9)15/h2,4H,1,3H2. The van der Waals surface area contributed by atoms with Gasteiger partial charge in [-0.3, -0.25) is 4.79 Å². The highest BCUT2D eigenvalue weighted by molar-refractivity contribution is 7.92. The molecule has 0 bridgehead atoms. The molecule has 0 aliphatic heterocycles. The molecule has 0 aromatic heterocycles. The van der Waals surface area contributed by atoms with Gasteiger partial charge in [0.2, 0.25) is 0 Å². The third kappa shape index (κ3) is 2.04. The third-order valence-corrected chi connectivity index (χ3v) is 3.67. The minimum atomic E-state index is -4.95. The summed E-state index contributed by atoms with van der Waals surface area (Å²) in [6.45, 7) is 0. The summed E-state index contributed by atoms with van der Waals surface area (Å²) < 4.78 is 61.4. The van der Waals surface area contributed by atoms with Gasteiger partial charge in [-0.2, -0.15) is 0 Å². The van der Waals surface area contributed by atoms with Crippen LogP contribution >= 0.6 is 0 Å². The van der Waals surface area contributed by atoms with E-state index in [1.807, 2.05) is 0 Å². The van der Waals surface area contributed by atoms with E-state index in [2.05, 4.69) is 0 Å². The first-order valence-electron chi connectivity index (χ1n) is 4.65. The average Bonchev–Trinajstić information content (AvgIpc) is 2.61. The van der Waals surface area contributed by atoms with Crippen LogP contribution in [0.4, 0.5) is 17.6 Å². The summed E-state index contributed by atoms with van der Waals surface area (Å²) in [6.07, 6.45) is 0.0151. The van der Waals surface area contributed by atoms with E-state index < -0.39 is 33.2 Å². The zero-order valence-electron chi connectivity index (χ0n) is 8.31. The largest absolute Gasteiger partial charge is 0.604 e. The number of alkyl halides is 3. The van der Waals surface area contributed by atoms with E-state index in [-0.39, 0.29) is 24.0 Å². The highest BCUT2D eigenvalue weighted by atomic mass is 32.2. The van der Waals surface area contributed by atoms with Crippen molar-refractivity contribution in [3.8, 4) is 0 Å². The van der Waals surface area contributed by atoms with E-state index in [9.17, 15) is 26.9 Å². The Hall–Kier alpha value is -1.08. The van der Waals surface area contributed by atoms with Gasteiger partial charge in [0.1, 0.15) is 5.82 Å². The zero-order chi connectivity index (χ0) is 12.8. The van der Waals surface area contributed by atoms with E-state index in [1.165, 1.54) is 0 Å². The second kappa shape index (κ2) is 3.99. The molecule has 7 heteroatoms. The van der Waals surface area contributed by atoms with Gasteiger partial charge in [0.15, 0.2) is 10.7 Å². The Morgan fingerprint density at radius 2 is 1.88 bits per heavy atom. The van der Waals surface area contributed by atoms with E-state index in [4.69, 9.17) is 0 Å². The number of halogens is 4. The Labute approximate surface area is 96.8 Å². The predicted octanol–water partition coefficient (Wildman–Crippen LogP) is 2.58. The lowest BCUT2D eigenvalue weighted by atomic mass is 10.1. The van der Waals surface area contributed by atoms with Crippen LogP contribution in [0.5, 0.6) is 0 Å². The first-order valence-corrected chi connectivity index (χ1v) is 5.80. The number of Topliss-reactive ketones (excluding diaryl/α,β-unsaturated/α-hetero) is 1. The molecule has 0 spiro atoms. The molecule has 1 atom stereocenters. The Morgan fingerprint density at radius 3 is 2.47 bits per heavy atom. The van der Waals surface area contributed by atoms with Gasteiger partial charge in [-0.05, 0) is 18.6 Å². The van der Waals surface area contributed by atoms with Crippen molar-refractivity contribution in [1.82, 2.24) is 0 Å². The fourth-order valence-electron chi connectivity index (χ4n) is 1.79. The molecule has 17 heavy (non-hydrogen) atoms. The normalized spacial score (nSPS) is 17.1. The summed E-state index contributed by atoms with van der Waals surface area (Å²) in [6, 6.07) is 1.58. The van der Waals surface area contributed by atoms with E-state index in [1.54, 1.807) is 0 Å². The van der Waals surface area contributed by atoms with Crippen molar-refractivity contribution in [2.24, 2.45) is 0 Å². The first-order chi connectivity index (χ1) is 7.82. The minimum Gasteiger partial charge on any atom is -0.604 e. The van der Waals surface area contributed by atoms with E-state index in [0.29, 0.717) is 0 Å². The molecule has 2 rings (SSSR count). The Kier molecular flexibility index (Phi) is 2.90. The molecule has 0 saturated heterocycles. The van der Waals surface area contributed by atoms with Crippen LogP contribution in [-0.2, 0) is 17.6 Å². The number of carbonyl (C=O) groups is 1. The van der Waals surface area contributed by atoms with Gasteiger partial charge in [0, 0.05) is 12.0 Å². The summed E-state index contributed by atoms with van der Waals surface area (Å²) in [5.41, 5.74) is -5.38. The van der Waals surface area contributed by atoms with Gasteiger partial charge >= 0.3 is 5.51 Å². The summed E-state index contributed by atoms with van der Waals surface area (Å²) >= 11 is -3.30.